The number of rotatable bonds is 6. The lowest BCUT2D eigenvalue weighted by molar-refractivity contribution is -0.141. The minimum Gasteiger partial charge on any atom is -0.333 e. The van der Waals surface area contributed by atoms with Crippen LogP contribution in [0.25, 0.3) is 0 Å². The molecular formula is C26H27ClF6N2O. The highest BCUT2D eigenvalue weighted by molar-refractivity contribution is 6.18. The van der Waals surface area contributed by atoms with Gasteiger partial charge in [0.1, 0.15) is 0 Å². The second kappa shape index (κ2) is 11.3. The van der Waals surface area contributed by atoms with Gasteiger partial charge in [-0.2, -0.15) is 26.3 Å². The van der Waals surface area contributed by atoms with Gasteiger partial charge in [0.05, 0.1) is 16.7 Å². The van der Waals surface area contributed by atoms with Gasteiger partial charge in [-0.15, -0.1) is 11.6 Å². The number of hydrogen-bond donors (Lipinski definition) is 0. The Labute approximate surface area is 211 Å². The average molecular weight is 533 g/mol. The summed E-state index contributed by atoms with van der Waals surface area (Å²) in [6.07, 6.45) is -5.87. The third kappa shape index (κ3) is 6.82. The molecule has 0 N–H and O–H groups in total. The van der Waals surface area contributed by atoms with Gasteiger partial charge in [-0.3, -0.25) is 9.69 Å². The van der Waals surface area contributed by atoms with Gasteiger partial charge in [-0.25, -0.2) is 0 Å². The number of allylic oxidation sites excluding steroid dienone is 1. The van der Waals surface area contributed by atoms with Crippen molar-refractivity contribution in [1.29, 1.82) is 0 Å². The molecular weight excluding hydrogens is 506 g/mol. The number of carbonyl (C=O) groups is 1. The number of alkyl halides is 7. The quantitative estimate of drug-likeness (QED) is 0.241. The molecule has 1 aliphatic rings. The average Bonchev–Trinajstić information content (AvgIpc) is 2.80. The van der Waals surface area contributed by atoms with Gasteiger partial charge in [-0.1, -0.05) is 30.4 Å². The molecule has 1 heterocycles. The molecule has 196 valence electrons. The van der Waals surface area contributed by atoms with Crippen molar-refractivity contribution in [2.45, 2.75) is 38.7 Å². The molecule has 0 radical (unpaired) electrons. The summed E-state index contributed by atoms with van der Waals surface area (Å²) in [5.41, 5.74) is -0.674. The number of nitrogens with zero attached hydrogens (tertiary/aromatic N) is 2. The van der Waals surface area contributed by atoms with Crippen LogP contribution in [0.3, 0.4) is 0 Å². The molecule has 0 bridgehead atoms. The Hall–Kier alpha value is -2.52. The van der Waals surface area contributed by atoms with E-state index >= 15 is 0 Å². The Bertz CT molecular complexity index is 1110. The molecule has 2 aromatic carbocycles. The Morgan fingerprint density at radius 1 is 0.972 bits per heavy atom. The zero-order valence-corrected chi connectivity index (χ0v) is 20.6. The van der Waals surface area contributed by atoms with Crippen LogP contribution >= 0.6 is 11.6 Å². The Balaban J connectivity index is 1.99. The molecule has 3 rings (SSSR count). The van der Waals surface area contributed by atoms with E-state index in [1.54, 1.807) is 6.08 Å². The number of hydrogen-bond acceptors (Lipinski definition) is 2. The highest BCUT2D eigenvalue weighted by Gasteiger charge is 2.41. The first-order valence-corrected chi connectivity index (χ1v) is 11.9. The van der Waals surface area contributed by atoms with Gasteiger partial charge in [0.25, 0.3) is 5.91 Å². The molecule has 1 amide bonds. The van der Waals surface area contributed by atoms with Crippen LogP contribution in [0.15, 0.2) is 48.6 Å². The first-order chi connectivity index (χ1) is 16.8. The molecule has 0 unspecified atom stereocenters. The first kappa shape index (κ1) is 28.1. The summed E-state index contributed by atoms with van der Waals surface area (Å²) in [4.78, 5) is 16.8. The number of benzene rings is 2. The van der Waals surface area contributed by atoms with E-state index in [1.807, 2.05) is 43.0 Å². The van der Waals surface area contributed by atoms with Crippen molar-refractivity contribution in [2.75, 3.05) is 32.1 Å². The van der Waals surface area contributed by atoms with E-state index in [-0.39, 0.29) is 6.54 Å². The summed E-state index contributed by atoms with van der Waals surface area (Å²) >= 11 is 5.68. The smallest absolute Gasteiger partial charge is 0.333 e. The van der Waals surface area contributed by atoms with Crippen LogP contribution in [0.1, 0.15) is 38.2 Å². The molecule has 0 aliphatic carbocycles. The molecule has 1 fully saturated rings. The third-order valence-corrected chi connectivity index (χ3v) is 6.55. The van der Waals surface area contributed by atoms with Crippen LogP contribution in [0.5, 0.6) is 0 Å². The van der Waals surface area contributed by atoms with Gasteiger partial charge in [0, 0.05) is 38.1 Å². The molecule has 1 aliphatic heterocycles. The lowest BCUT2D eigenvalue weighted by atomic mass is 9.96. The van der Waals surface area contributed by atoms with Gasteiger partial charge in [0.15, 0.2) is 0 Å². The van der Waals surface area contributed by atoms with Crippen LogP contribution in [0, 0.1) is 13.8 Å². The van der Waals surface area contributed by atoms with E-state index in [2.05, 4.69) is 0 Å². The maximum absolute atomic E-state index is 13.7. The summed E-state index contributed by atoms with van der Waals surface area (Å²) in [6, 6.07) is 6.24. The van der Waals surface area contributed by atoms with Crippen molar-refractivity contribution >= 4 is 17.5 Å². The number of amides is 1. The van der Waals surface area contributed by atoms with Gasteiger partial charge >= 0.3 is 12.4 Å². The minimum atomic E-state index is -4.98. The normalized spacial score (nSPS) is 17.7. The number of carbonyl (C=O) groups excluding carboxylic acids is 1. The fraction of sp³-hybridized carbons (Fsp3) is 0.423. The SMILES string of the molecule is Cc1ccc(C[C@@H]2CN(C/C=C/CCl)CCN2C(=O)c2cc(C(F)(F)F)ccc2C(F)(F)F)cc1C. The predicted molar refractivity (Wildman–Crippen MR) is 127 cm³/mol. The van der Waals surface area contributed by atoms with Crippen molar-refractivity contribution in [3.63, 3.8) is 0 Å². The van der Waals surface area contributed by atoms with E-state index in [4.69, 9.17) is 11.6 Å². The predicted octanol–water partition coefficient (Wildman–Crippen LogP) is 6.51. The van der Waals surface area contributed by atoms with Gasteiger partial charge in [0.2, 0.25) is 0 Å². The largest absolute Gasteiger partial charge is 0.417 e. The molecule has 0 saturated carbocycles. The first-order valence-electron chi connectivity index (χ1n) is 11.4. The number of piperazine rings is 1. The Morgan fingerprint density at radius 3 is 2.31 bits per heavy atom. The molecule has 2 aromatic rings. The zero-order valence-electron chi connectivity index (χ0n) is 19.9. The highest BCUT2D eigenvalue weighted by Crippen LogP contribution is 2.37. The van der Waals surface area contributed by atoms with Crippen molar-refractivity contribution in [3.8, 4) is 0 Å². The van der Waals surface area contributed by atoms with Crippen molar-refractivity contribution < 1.29 is 31.1 Å². The van der Waals surface area contributed by atoms with Crippen LogP contribution in [0.2, 0.25) is 0 Å². The molecule has 36 heavy (non-hydrogen) atoms. The van der Waals surface area contributed by atoms with Crippen molar-refractivity contribution in [1.82, 2.24) is 9.80 Å². The lowest BCUT2D eigenvalue weighted by Gasteiger charge is -2.41. The fourth-order valence-electron chi connectivity index (χ4n) is 4.32. The second-order valence-electron chi connectivity index (χ2n) is 8.92. The second-order valence-corrected chi connectivity index (χ2v) is 9.22. The maximum Gasteiger partial charge on any atom is 0.417 e. The van der Waals surface area contributed by atoms with Gasteiger partial charge < -0.3 is 4.90 Å². The fourth-order valence-corrected chi connectivity index (χ4v) is 4.44. The summed E-state index contributed by atoms with van der Waals surface area (Å²) in [5, 5.41) is 0. The zero-order chi connectivity index (χ0) is 26.7. The minimum absolute atomic E-state index is 0.0800. The standard InChI is InChI=1S/C26H27ClF6N2O/c1-17-5-6-19(13-18(17)2)14-21-16-34(10-4-3-9-27)11-12-35(21)24(36)22-15-20(25(28,29)30)7-8-23(22)26(31,32)33/h3-8,13,15,21H,9-12,14,16H2,1-2H3/b4-3+/t21-/m1/s1. The van der Waals surface area contributed by atoms with Crippen molar-refractivity contribution in [3.05, 3.63) is 81.9 Å². The highest BCUT2D eigenvalue weighted by atomic mass is 35.5. The summed E-state index contributed by atoms with van der Waals surface area (Å²) < 4.78 is 81.0. The van der Waals surface area contributed by atoms with Crippen LogP contribution in [0.4, 0.5) is 26.3 Å². The van der Waals surface area contributed by atoms with Gasteiger partial charge in [-0.05, 0) is 55.2 Å². The molecule has 0 aromatic heterocycles. The molecule has 0 spiro atoms. The van der Waals surface area contributed by atoms with E-state index in [0.29, 0.717) is 50.1 Å². The van der Waals surface area contributed by atoms with E-state index in [0.717, 1.165) is 16.7 Å². The lowest BCUT2D eigenvalue weighted by Crippen LogP contribution is -2.56. The van der Waals surface area contributed by atoms with E-state index in [1.165, 1.54) is 4.90 Å². The van der Waals surface area contributed by atoms with E-state index < -0.39 is 41.0 Å². The topological polar surface area (TPSA) is 23.6 Å². The number of aryl methyl sites for hydroxylation is 2. The Kier molecular flexibility index (Phi) is 8.77. The summed E-state index contributed by atoms with van der Waals surface area (Å²) in [7, 11) is 0. The number of halogens is 7. The molecule has 1 atom stereocenters. The monoisotopic (exact) mass is 532 g/mol. The summed E-state index contributed by atoms with van der Waals surface area (Å²) in [5.74, 6) is -0.724. The Morgan fingerprint density at radius 2 is 1.69 bits per heavy atom. The van der Waals surface area contributed by atoms with E-state index in [9.17, 15) is 31.1 Å². The van der Waals surface area contributed by atoms with Crippen molar-refractivity contribution in [2.24, 2.45) is 0 Å². The molecule has 3 nitrogen and oxygen atoms in total. The molecule has 1 saturated heterocycles. The third-order valence-electron chi connectivity index (χ3n) is 6.37. The molecule has 10 heteroatoms. The van der Waals surface area contributed by atoms with Crippen LogP contribution in [-0.4, -0.2) is 53.8 Å². The summed E-state index contributed by atoms with van der Waals surface area (Å²) in [6.45, 7) is 5.22. The van der Waals surface area contributed by atoms with Crippen LogP contribution in [-0.2, 0) is 18.8 Å². The van der Waals surface area contributed by atoms with Crippen LogP contribution < -0.4 is 0 Å². The maximum atomic E-state index is 13.7.